The van der Waals surface area contributed by atoms with Crippen LogP contribution in [0.1, 0.15) is 77.0 Å². The SMILES string of the molecule is C1=CCCC(N(C2CCCCC2)C2CC3C4B(C5=CC6B7c8ccccc8SC8CC(N(c9ccccc9)C9C=CC=CC9)CC(SC6C=C5N3c3ccccc3-c3ccccc3)C78)c3ccccc3N(c3ccccc3)C4C2)=C1. The molecule has 0 radical (unpaired) electrons. The van der Waals surface area contributed by atoms with E-state index in [0.29, 0.717) is 64.1 Å². The van der Waals surface area contributed by atoms with Crippen LogP contribution in [0.4, 0.5) is 22.7 Å². The van der Waals surface area contributed by atoms with Gasteiger partial charge in [0.05, 0.1) is 6.04 Å². The summed E-state index contributed by atoms with van der Waals surface area (Å²) in [4.78, 5) is 13.3. The number of benzene rings is 6. The zero-order valence-electron chi connectivity index (χ0n) is 46.0. The van der Waals surface area contributed by atoms with E-state index < -0.39 is 0 Å². The third-order valence-electron chi connectivity index (χ3n) is 20.8. The third kappa shape index (κ3) is 8.41. The summed E-state index contributed by atoms with van der Waals surface area (Å²) in [6, 6.07) is 65.8. The number of allylic oxidation sites excluding steroid dienone is 8. The Morgan fingerprint density at radius 1 is 0.550 bits per heavy atom. The number of hydrogen-bond donors (Lipinski definition) is 0. The summed E-state index contributed by atoms with van der Waals surface area (Å²) >= 11 is 4.60. The van der Waals surface area contributed by atoms with Gasteiger partial charge >= 0.3 is 0 Å². The van der Waals surface area contributed by atoms with Crippen molar-refractivity contribution in [2.75, 3.05) is 14.7 Å². The van der Waals surface area contributed by atoms with Gasteiger partial charge in [-0.25, -0.2) is 0 Å². The van der Waals surface area contributed by atoms with Crippen molar-refractivity contribution >= 4 is 70.6 Å². The van der Waals surface area contributed by atoms with Gasteiger partial charge in [-0.15, -0.1) is 11.8 Å². The van der Waals surface area contributed by atoms with E-state index in [1.165, 1.54) is 94.9 Å². The maximum absolute atomic E-state index is 3.07. The molecule has 4 nitrogen and oxygen atoms in total. The molecule has 0 N–H and O–H groups in total. The van der Waals surface area contributed by atoms with Gasteiger partial charge in [0.15, 0.2) is 6.71 Å². The quantitative estimate of drug-likeness (QED) is 0.133. The van der Waals surface area contributed by atoms with Gasteiger partial charge < -0.3 is 19.6 Å². The molecular weight excluding hydrogens is 1010 g/mol. The highest BCUT2D eigenvalue weighted by Gasteiger charge is 2.62. The Balaban J connectivity index is 0.897. The Labute approximate surface area is 485 Å². The molecule has 3 saturated carbocycles. The van der Waals surface area contributed by atoms with Crippen LogP contribution in [0.2, 0.25) is 17.5 Å². The van der Waals surface area contributed by atoms with Crippen LogP contribution in [0.15, 0.2) is 240 Å². The van der Waals surface area contributed by atoms with Gasteiger partial charge in [0.1, 0.15) is 0 Å². The number of hydrogen-bond acceptors (Lipinski definition) is 6. The van der Waals surface area contributed by atoms with Crippen LogP contribution in [0.25, 0.3) is 11.1 Å². The highest BCUT2D eigenvalue weighted by Crippen LogP contribution is 2.63. The molecule has 4 aliphatic heterocycles. The average Bonchev–Trinajstić information content (AvgIpc) is 3.62. The second-order valence-corrected chi connectivity index (χ2v) is 27.5. The van der Waals surface area contributed by atoms with Crippen molar-refractivity contribution in [2.24, 2.45) is 0 Å². The lowest BCUT2D eigenvalue weighted by Crippen LogP contribution is -2.69. The van der Waals surface area contributed by atoms with E-state index in [2.05, 4.69) is 262 Å². The van der Waals surface area contributed by atoms with Crippen LogP contribution in [-0.2, 0) is 0 Å². The number of nitrogens with zero attached hydrogens (tertiary/aromatic N) is 4. The van der Waals surface area contributed by atoms with Crippen LogP contribution in [0, 0.1) is 0 Å². The van der Waals surface area contributed by atoms with Gasteiger partial charge in [0.25, 0.3) is 0 Å². The summed E-state index contributed by atoms with van der Waals surface area (Å²) < 4.78 is 0. The smallest absolute Gasteiger partial charge is 0.221 e. The minimum absolute atomic E-state index is 0.257. The molecule has 2 saturated heterocycles. The van der Waals surface area contributed by atoms with Gasteiger partial charge in [-0.05, 0) is 135 Å². The van der Waals surface area contributed by atoms with E-state index in [1.807, 2.05) is 0 Å². The van der Waals surface area contributed by atoms with Gasteiger partial charge in [0.2, 0.25) is 6.71 Å². The molecule has 6 aromatic carbocycles. The van der Waals surface area contributed by atoms with E-state index in [0.717, 1.165) is 32.1 Å². The highest BCUT2D eigenvalue weighted by molar-refractivity contribution is 8.02. The molecule has 10 aliphatic rings. The Kier molecular flexibility index (Phi) is 13.0. The number of rotatable bonds is 9. The van der Waals surface area contributed by atoms with E-state index >= 15 is 0 Å². The van der Waals surface area contributed by atoms with Crippen LogP contribution in [-0.4, -0.2) is 70.3 Å². The molecule has 80 heavy (non-hydrogen) atoms. The molecular formula is C72H72B2N4S2. The van der Waals surface area contributed by atoms with E-state index in [1.54, 1.807) is 16.6 Å². The molecule has 8 heteroatoms. The highest BCUT2D eigenvalue weighted by atomic mass is 32.2. The van der Waals surface area contributed by atoms with E-state index in [-0.39, 0.29) is 18.8 Å². The lowest BCUT2D eigenvalue weighted by molar-refractivity contribution is 0.100. The van der Waals surface area contributed by atoms with Crippen LogP contribution < -0.4 is 25.6 Å². The van der Waals surface area contributed by atoms with E-state index in [4.69, 9.17) is 0 Å². The fraction of sp³-hybridized carbons (Fsp3) is 0.333. The third-order valence-corrected chi connectivity index (χ3v) is 23.8. The Bertz CT molecular complexity index is 3460. The predicted octanol–water partition coefficient (Wildman–Crippen LogP) is 15.9. The monoisotopic (exact) mass is 1080 g/mol. The van der Waals surface area contributed by atoms with Crippen molar-refractivity contribution in [2.45, 2.75) is 151 Å². The average molecular weight is 1080 g/mol. The van der Waals surface area contributed by atoms with Crippen LogP contribution in [0.5, 0.6) is 0 Å². The fourth-order valence-electron chi connectivity index (χ4n) is 17.8. The molecule has 16 rings (SSSR count). The first-order chi connectivity index (χ1) is 39.7. The van der Waals surface area contributed by atoms with Crippen molar-refractivity contribution in [1.82, 2.24) is 4.90 Å². The van der Waals surface area contributed by atoms with Crippen LogP contribution in [0.3, 0.4) is 0 Å². The zero-order valence-corrected chi connectivity index (χ0v) is 47.6. The molecule has 4 heterocycles. The first kappa shape index (κ1) is 49.6. The van der Waals surface area contributed by atoms with Gasteiger partial charge in [0, 0.05) is 90.6 Å². The molecule has 0 amide bonds. The maximum Gasteiger partial charge on any atom is 0.221 e. The van der Waals surface area contributed by atoms with Crippen molar-refractivity contribution in [3.8, 4) is 11.1 Å². The number of thioether (sulfide) groups is 2. The normalized spacial score (nSPS) is 29.9. The second kappa shape index (κ2) is 21.0. The standard InChI is InChI=1S/C72H72B2N4S2/c1-7-25-49(26-8-1)57-37-19-22-40-62(57)78-64-48-68-61(74-59-39-21-24-42-67(59)79-69-45-56(46-70(80-68)72(69)74)76(52-31-13-4-14-32-52)53-33-15-5-16-34-53)47-60(64)73-58-38-20-23-41-63(58)77(54-35-17-6-18-36-54)65-43-55(44-66(78)71(65)73)75(50-27-9-2-10-28-50)51-29-11-3-12-30-51/h1-2,4-9,13-27,31-33,35-42,47-48,51,53,55-56,61,65-66,68-72H,3,10-12,28-30,34,43-46H2. The fourth-order valence-corrected chi connectivity index (χ4v) is 21.5. The molecule has 6 aromatic rings. The molecule has 6 aliphatic carbocycles. The summed E-state index contributed by atoms with van der Waals surface area (Å²) in [5, 5.41) is 1.43. The molecule has 5 fully saturated rings. The van der Waals surface area contributed by atoms with Crippen molar-refractivity contribution in [3.63, 3.8) is 0 Å². The molecule has 0 aromatic heterocycles. The summed E-state index contributed by atoms with van der Waals surface area (Å²) in [7, 11) is 0. The Morgan fingerprint density at radius 3 is 2.04 bits per heavy atom. The lowest BCUT2D eigenvalue weighted by Gasteiger charge is -2.63. The molecule has 0 bridgehead atoms. The van der Waals surface area contributed by atoms with Gasteiger partial charge in [-0.1, -0.05) is 200 Å². The largest absolute Gasteiger partial charge is 0.369 e. The van der Waals surface area contributed by atoms with E-state index in [9.17, 15) is 0 Å². The number of anilines is 4. The van der Waals surface area contributed by atoms with Gasteiger partial charge in [-0.2, -0.15) is 11.8 Å². The van der Waals surface area contributed by atoms with Crippen molar-refractivity contribution < 1.29 is 0 Å². The lowest BCUT2D eigenvalue weighted by atomic mass is 9.23. The number of fused-ring (bicyclic) bond motifs is 8. The first-order valence-electron chi connectivity index (χ1n) is 30.7. The molecule has 398 valence electrons. The summed E-state index contributed by atoms with van der Waals surface area (Å²) in [6.07, 6.45) is 37.2. The van der Waals surface area contributed by atoms with Crippen molar-refractivity contribution in [3.05, 3.63) is 235 Å². The maximum atomic E-state index is 3.07. The predicted molar refractivity (Wildman–Crippen MR) is 343 cm³/mol. The first-order valence-corrected chi connectivity index (χ1v) is 32.6. The van der Waals surface area contributed by atoms with Gasteiger partial charge in [-0.3, -0.25) is 0 Å². The zero-order chi connectivity index (χ0) is 52.7. The molecule has 11 atom stereocenters. The second-order valence-electron chi connectivity index (χ2n) is 24.8. The summed E-state index contributed by atoms with van der Waals surface area (Å²) in [5.74, 6) is 1.34. The molecule has 11 unspecified atom stereocenters. The Hall–Kier alpha value is -6.21. The summed E-state index contributed by atoms with van der Waals surface area (Å²) in [6.45, 7) is 0.729. The minimum atomic E-state index is 0.257. The molecule has 0 spiro atoms. The number of para-hydroxylation sites is 4. The van der Waals surface area contributed by atoms with Crippen LogP contribution >= 0.6 is 23.5 Å². The Morgan fingerprint density at radius 2 is 1.25 bits per heavy atom. The minimum Gasteiger partial charge on any atom is -0.369 e. The topological polar surface area (TPSA) is 13.0 Å². The summed E-state index contributed by atoms with van der Waals surface area (Å²) in [5.41, 5.74) is 15.9. The van der Waals surface area contributed by atoms with Crippen molar-refractivity contribution in [1.29, 1.82) is 0 Å².